The van der Waals surface area contributed by atoms with Gasteiger partial charge in [-0.25, -0.2) is 0 Å². The number of nitrogens with one attached hydrogen (secondary N) is 1. The molecule has 0 aliphatic carbocycles. The van der Waals surface area contributed by atoms with E-state index < -0.39 is 0 Å². The van der Waals surface area contributed by atoms with Crippen LogP contribution < -0.4 is 10.1 Å². The molecule has 0 spiro atoms. The fourth-order valence-corrected chi connectivity index (χ4v) is 3.06. The quantitative estimate of drug-likeness (QED) is 0.905. The normalized spacial score (nSPS) is 19.9. The van der Waals surface area contributed by atoms with E-state index in [4.69, 9.17) is 16.3 Å². The molecule has 1 aliphatic rings. The van der Waals surface area contributed by atoms with Crippen LogP contribution in [0.2, 0.25) is 5.02 Å². The van der Waals surface area contributed by atoms with E-state index in [9.17, 15) is 0 Å². The molecule has 1 atom stereocenters. The summed E-state index contributed by atoms with van der Waals surface area (Å²) in [7, 11) is 1.67. The molecule has 2 rings (SSSR count). The molecule has 1 N–H and O–H groups in total. The summed E-state index contributed by atoms with van der Waals surface area (Å²) in [6.45, 7) is 6.54. The predicted molar refractivity (Wildman–Crippen MR) is 76.8 cm³/mol. The van der Waals surface area contributed by atoms with Crippen LogP contribution in [0.1, 0.15) is 29.5 Å². The Morgan fingerprint density at radius 3 is 2.83 bits per heavy atom. The van der Waals surface area contributed by atoms with Crippen LogP contribution in [0.15, 0.2) is 6.07 Å². The second-order valence-corrected chi connectivity index (χ2v) is 5.61. The lowest BCUT2D eigenvalue weighted by molar-refractivity contribution is 0.374. The van der Waals surface area contributed by atoms with Gasteiger partial charge in [0.25, 0.3) is 0 Å². The zero-order valence-corrected chi connectivity index (χ0v) is 12.2. The van der Waals surface area contributed by atoms with Crippen LogP contribution in [-0.4, -0.2) is 20.2 Å². The number of hydrogen-bond acceptors (Lipinski definition) is 2. The molecular formula is C15H22ClNO. The Bertz CT molecular complexity index is 425. The van der Waals surface area contributed by atoms with Crippen molar-refractivity contribution in [1.29, 1.82) is 0 Å². The van der Waals surface area contributed by atoms with E-state index in [1.165, 1.54) is 29.5 Å². The Morgan fingerprint density at radius 2 is 2.22 bits per heavy atom. The Labute approximate surface area is 115 Å². The Hall–Kier alpha value is -0.730. The predicted octanol–water partition coefficient (Wildman–Crippen LogP) is 3.51. The third-order valence-corrected chi connectivity index (χ3v) is 4.40. The fraction of sp³-hybridized carbons (Fsp3) is 0.600. The van der Waals surface area contributed by atoms with E-state index in [2.05, 4.69) is 25.2 Å². The molecule has 0 radical (unpaired) electrons. The van der Waals surface area contributed by atoms with Crippen molar-refractivity contribution in [2.24, 2.45) is 5.92 Å². The Balaban J connectivity index is 2.24. The molecule has 1 aromatic rings. The van der Waals surface area contributed by atoms with Gasteiger partial charge in [0.1, 0.15) is 5.75 Å². The molecule has 100 valence electrons. The number of ether oxygens (including phenoxy) is 1. The maximum absolute atomic E-state index is 6.35. The zero-order valence-electron chi connectivity index (χ0n) is 11.5. The van der Waals surface area contributed by atoms with Crippen molar-refractivity contribution in [1.82, 2.24) is 5.32 Å². The van der Waals surface area contributed by atoms with E-state index in [0.717, 1.165) is 36.2 Å². The summed E-state index contributed by atoms with van der Waals surface area (Å²) in [5.41, 5.74) is 3.87. The molecule has 1 aliphatic heterocycles. The van der Waals surface area contributed by atoms with Gasteiger partial charge in [-0.3, -0.25) is 0 Å². The SMILES string of the molecule is COc1cc(C)c(CC2CCCNC2)c(C)c1Cl. The lowest BCUT2D eigenvalue weighted by Crippen LogP contribution is -2.31. The van der Waals surface area contributed by atoms with Gasteiger partial charge in [-0.15, -0.1) is 0 Å². The van der Waals surface area contributed by atoms with Crippen LogP contribution in [0.4, 0.5) is 0 Å². The van der Waals surface area contributed by atoms with Crippen LogP contribution in [-0.2, 0) is 6.42 Å². The minimum absolute atomic E-state index is 0.737. The van der Waals surface area contributed by atoms with Crippen LogP contribution in [0.3, 0.4) is 0 Å². The van der Waals surface area contributed by atoms with E-state index in [1.54, 1.807) is 7.11 Å². The van der Waals surface area contributed by atoms with E-state index in [1.807, 2.05) is 0 Å². The highest BCUT2D eigenvalue weighted by Gasteiger charge is 2.18. The standard InChI is InChI=1S/C15H22ClNO/c1-10-7-14(18-3)15(16)11(2)13(10)8-12-5-4-6-17-9-12/h7,12,17H,4-6,8-9H2,1-3H3. The van der Waals surface area contributed by atoms with Gasteiger partial charge < -0.3 is 10.1 Å². The lowest BCUT2D eigenvalue weighted by Gasteiger charge is -2.25. The fourth-order valence-electron chi connectivity index (χ4n) is 2.81. The molecule has 2 nitrogen and oxygen atoms in total. The van der Waals surface area contributed by atoms with Crippen LogP contribution in [0.25, 0.3) is 0 Å². The summed E-state index contributed by atoms with van der Waals surface area (Å²) in [5.74, 6) is 1.53. The summed E-state index contributed by atoms with van der Waals surface area (Å²) < 4.78 is 5.31. The van der Waals surface area contributed by atoms with Crippen LogP contribution in [0.5, 0.6) is 5.75 Å². The van der Waals surface area contributed by atoms with Gasteiger partial charge in [0.05, 0.1) is 12.1 Å². The summed E-state index contributed by atoms with van der Waals surface area (Å²) in [5, 5.41) is 4.24. The first kappa shape index (κ1) is 13.7. The minimum Gasteiger partial charge on any atom is -0.495 e. The smallest absolute Gasteiger partial charge is 0.138 e. The molecule has 18 heavy (non-hydrogen) atoms. The van der Waals surface area contributed by atoms with E-state index in [0.29, 0.717) is 0 Å². The number of piperidine rings is 1. The molecule has 1 unspecified atom stereocenters. The van der Waals surface area contributed by atoms with Crippen molar-refractivity contribution >= 4 is 11.6 Å². The van der Waals surface area contributed by atoms with Crippen molar-refractivity contribution in [2.75, 3.05) is 20.2 Å². The number of rotatable bonds is 3. The third kappa shape index (κ3) is 2.81. The second-order valence-electron chi connectivity index (χ2n) is 5.23. The topological polar surface area (TPSA) is 21.3 Å². The van der Waals surface area contributed by atoms with Gasteiger partial charge in [0.15, 0.2) is 0 Å². The lowest BCUT2D eigenvalue weighted by atomic mass is 9.88. The van der Waals surface area contributed by atoms with Crippen LogP contribution in [0, 0.1) is 19.8 Å². The van der Waals surface area contributed by atoms with E-state index >= 15 is 0 Å². The van der Waals surface area contributed by atoms with Gasteiger partial charge in [-0.05, 0) is 74.9 Å². The molecule has 1 fully saturated rings. The molecule has 0 amide bonds. The minimum atomic E-state index is 0.737. The molecule has 0 aromatic heterocycles. The first-order valence-electron chi connectivity index (χ1n) is 6.66. The van der Waals surface area contributed by atoms with Gasteiger partial charge in [-0.1, -0.05) is 11.6 Å². The molecule has 1 saturated heterocycles. The molecule has 1 aromatic carbocycles. The average molecular weight is 268 g/mol. The van der Waals surface area contributed by atoms with Gasteiger partial charge in [0, 0.05) is 0 Å². The maximum atomic E-state index is 6.35. The molecule has 1 heterocycles. The largest absolute Gasteiger partial charge is 0.495 e. The first-order chi connectivity index (χ1) is 8.63. The van der Waals surface area contributed by atoms with Crippen molar-refractivity contribution < 1.29 is 4.74 Å². The van der Waals surface area contributed by atoms with Crippen molar-refractivity contribution in [3.05, 3.63) is 27.8 Å². The highest BCUT2D eigenvalue weighted by atomic mass is 35.5. The average Bonchev–Trinajstić information content (AvgIpc) is 2.40. The summed E-state index contributed by atoms with van der Waals surface area (Å²) in [6, 6.07) is 2.06. The molecule has 3 heteroatoms. The Kier molecular flexibility index (Phi) is 4.52. The zero-order chi connectivity index (χ0) is 13.1. The van der Waals surface area contributed by atoms with E-state index in [-0.39, 0.29) is 0 Å². The second kappa shape index (κ2) is 5.94. The number of aryl methyl sites for hydroxylation is 1. The summed E-state index contributed by atoms with van der Waals surface area (Å²) in [4.78, 5) is 0. The van der Waals surface area contributed by atoms with Gasteiger partial charge in [-0.2, -0.15) is 0 Å². The van der Waals surface area contributed by atoms with Crippen molar-refractivity contribution in [3.8, 4) is 5.75 Å². The van der Waals surface area contributed by atoms with Gasteiger partial charge >= 0.3 is 0 Å². The molecular weight excluding hydrogens is 246 g/mol. The number of halogens is 1. The van der Waals surface area contributed by atoms with Crippen molar-refractivity contribution in [2.45, 2.75) is 33.1 Å². The monoisotopic (exact) mass is 267 g/mol. The number of benzene rings is 1. The molecule has 0 bridgehead atoms. The van der Waals surface area contributed by atoms with Crippen molar-refractivity contribution in [3.63, 3.8) is 0 Å². The number of methoxy groups -OCH3 is 1. The maximum Gasteiger partial charge on any atom is 0.138 e. The molecule has 0 saturated carbocycles. The van der Waals surface area contributed by atoms with Gasteiger partial charge in [0.2, 0.25) is 0 Å². The number of hydrogen-bond donors (Lipinski definition) is 1. The summed E-state index contributed by atoms with van der Waals surface area (Å²) >= 11 is 6.35. The highest BCUT2D eigenvalue weighted by Crippen LogP contribution is 2.34. The third-order valence-electron chi connectivity index (χ3n) is 3.93. The first-order valence-corrected chi connectivity index (χ1v) is 7.04. The highest BCUT2D eigenvalue weighted by molar-refractivity contribution is 6.33. The summed E-state index contributed by atoms with van der Waals surface area (Å²) in [6.07, 6.45) is 3.72. The van der Waals surface area contributed by atoms with Crippen LogP contribution >= 0.6 is 11.6 Å². The Morgan fingerprint density at radius 1 is 1.44 bits per heavy atom.